The smallest absolute Gasteiger partial charge is 0.227 e. The van der Waals surface area contributed by atoms with E-state index in [1.54, 1.807) is 0 Å². The molecule has 1 amide bonds. The third-order valence-electron chi connectivity index (χ3n) is 5.32. The molecule has 2 aliphatic rings. The Hall–Kier alpha value is -1.39. The van der Waals surface area contributed by atoms with Gasteiger partial charge in [0.2, 0.25) is 5.91 Å². The van der Waals surface area contributed by atoms with Crippen LogP contribution in [-0.2, 0) is 22.4 Å². The minimum Gasteiger partial charge on any atom is -0.393 e. The Balaban J connectivity index is 1.70. The molecule has 2 fully saturated rings. The maximum absolute atomic E-state index is 12.8. The summed E-state index contributed by atoms with van der Waals surface area (Å²) in [5.74, 6) is 0.253. The molecule has 2 heterocycles. The highest BCUT2D eigenvalue weighted by atomic mass is 16.5. The Kier molecular flexibility index (Phi) is 5.34. The monoisotopic (exact) mass is 317 g/mol. The fourth-order valence-electron chi connectivity index (χ4n) is 4.00. The second-order valence-corrected chi connectivity index (χ2v) is 6.69. The van der Waals surface area contributed by atoms with Crippen LogP contribution in [0.3, 0.4) is 0 Å². The largest absolute Gasteiger partial charge is 0.393 e. The first kappa shape index (κ1) is 16.5. The summed E-state index contributed by atoms with van der Waals surface area (Å²) in [6.45, 7) is 4.13. The van der Waals surface area contributed by atoms with E-state index in [1.165, 1.54) is 5.56 Å². The zero-order valence-corrected chi connectivity index (χ0v) is 13.9. The number of aryl methyl sites for hydroxylation is 1. The number of hydrogen-bond acceptors (Lipinski definition) is 3. The summed E-state index contributed by atoms with van der Waals surface area (Å²) in [5.41, 5.74) is 2.38. The van der Waals surface area contributed by atoms with Crippen molar-refractivity contribution in [3.63, 3.8) is 0 Å². The van der Waals surface area contributed by atoms with E-state index in [2.05, 4.69) is 19.1 Å². The molecule has 3 atom stereocenters. The number of aliphatic hydroxyl groups excluding tert-OH is 1. The number of hydrogen-bond donors (Lipinski definition) is 1. The molecule has 0 radical (unpaired) electrons. The second kappa shape index (κ2) is 7.45. The van der Waals surface area contributed by atoms with E-state index in [0.29, 0.717) is 26.1 Å². The van der Waals surface area contributed by atoms with Crippen molar-refractivity contribution in [1.29, 1.82) is 0 Å². The maximum Gasteiger partial charge on any atom is 0.227 e. The van der Waals surface area contributed by atoms with Gasteiger partial charge in [-0.3, -0.25) is 4.79 Å². The zero-order valence-electron chi connectivity index (χ0n) is 13.9. The van der Waals surface area contributed by atoms with Crippen LogP contribution in [0.5, 0.6) is 0 Å². The zero-order chi connectivity index (χ0) is 16.2. The van der Waals surface area contributed by atoms with Crippen LogP contribution >= 0.6 is 0 Å². The van der Waals surface area contributed by atoms with Crippen LogP contribution in [0.15, 0.2) is 24.3 Å². The predicted molar refractivity (Wildman–Crippen MR) is 89.2 cm³/mol. The van der Waals surface area contributed by atoms with Gasteiger partial charge in [-0.2, -0.15) is 0 Å². The molecule has 4 nitrogen and oxygen atoms in total. The number of nitrogens with zero attached hydrogens (tertiary/aromatic N) is 1. The lowest BCUT2D eigenvalue weighted by Gasteiger charge is -2.37. The van der Waals surface area contributed by atoms with Crippen LogP contribution in [0.1, 0.15) is 37.3 Å². The maximum atomic E-state index is 12.8. The number of aliphatic hydroxyl groups is 1. The van der Waals surface area contributed by atoms with E-state index in [1.807, 2.05) is 17.0 Å². The molecule has 0 saturated carbocycles. The first-order chi connectivity index (χ1) is 11.2. The van der Waals surface area contributed by atoms with Gasteiger partial charge in [-0.05, 0) is 36.8 Å². The Morgan fingerprint density at radius 3 is 2.83 bits per heavy atom. The van der Waals surface area contributed by atoms with Crippen LogP contribution in [0.25, 0.3) is 0 Å². The molecule has 0 aromatic heterocycles. The van der Waals surface area contributed by atoms with E-state index >= 15 is 0 Å². The van der Waals surface area contributed by atoms with Gasteiger partial charge >= 0.3 is 0 Å². The van der Waals surface area contributed by atoms with Gasteiger partial charge in [0.15, 0.2) is 0 Å². The fraction of sp³-hybridized carbons (Fsp3) is 0.632. The average molecular weight is 317 g/mol. The molecule has 1 aromatic carbocycles. The van der Waals surface area contributed by atoms with Crippen molar-refractivity contribution in [3.8, 4) is 0 Å². The summed E-state index contributed by atoms with van der Waals surface area (Å²) in [5, 5.41) is 10.3. The van der Waals surface area contributed by atoms with Gasteiger partial charge in [0.25, 0.3) is 0 Å². The number of benzene rings is 1. The molecule has 0 bridgehead atoms. The normalized spacial score (nSPS) is 28.1. The Morgan fingerprint density at radius 2 is 2.09 bits per heavy atom. The van der Waals surface area contributed by atoms with E-state index in [-0.39, 0.29) is 24.0 Å². The van der Waals surface area contributed by atoms with Crippen molar-refractivity contribution in [2.24, 2.45) is 5.92 Å². The summed E-state index contributed by atoms with van der Waals surface area (Å²) >= 11 is 0. The second-order valence-electron chi connectivity index (χ2n) is 6.69. The van der Waals surface area contributed by atoms with Gasteiger partial charge in [0.1, 0.15) is 0 Å². The van der Waals surface area contributed by atoms with Gasteiger partial charge in [0, 0.05) is 25.1 Å². The molecule has 2 saturated heterocycles. The minimum atomic E-state index is -0.343. The molecule has 0 aliphatic carbocycles. The Labute approximate surface area is 138 Å². The first-order valence-corrected chi connectivity index (χ1v) is 8.82. The third kappa shape index (κ3) is 3.59. The molecule has 3 rings (SSSR count). The summed E-state index contributed by atoms with van der Waals surface area (Å²) in [6.07, 6.45) is 3.75. The Morgan fingerprint density at radius 1 is 1.30 bits per heavy atom. The van der Waals surface area contributed by atoms with Crippen LogP contribution in [-0.4, -0.2) is 47.8 Å². The topological polar surface area (TPSA) is 49.8 Å². The molecular weight excluding hydrogens is 290 g/mol. The molecule has 2 aliphatic heterocycles. The van der Waals surface area contributed by atoms with Gasteiger partial charge in [0.05, 0.1) is 19.1 Å². The van der Waals surface area contributed by atoms with Crippen molar-refractivity contribution in [1.82, 2.24) is 4.90 Å². The van der Waals surface area contributed by atoms with Gasteiger partial charge in [-0.1, -0.05) is 31.2 Å². The van der Waals surface area contributed by atoms with E-state index < -0.39 is 0 Å². The highest BCUT2D eigenvalue weighted by Gasteiger charge is 2.39. The molecule has 23 heavy (non-hydrogen) atoms. The number of ether oxygens (including phenoxy) is 1. The van der Waals surface area contributed by atoms with E-state index in [0.717, 1.165) is 31.4 Å². The minimum absolute atomic E-state index is 0.0663. The molecule has 4 heteroatoms. The van der Waals surface area contributed by atoms with Gasteiger partial charge < -0.3 is 14.7 Å². The highest BCUT2D eigenvalue weighted by molar-refractivity contribution is 5.79. The lowest BCUT2D eigenvalue weighted by molar-refractivity contribution is -0.135. The van der Waals surface area contributed by atoms with Gasteiger partial charge in [-0.15, -0.1) is 0 Å². The quantitative estimate of drug-likeness (QED) is 0.926. The molecule has 126 valence electrons. The van der Waals surface area contributed by atoms with E-state index in [4.69, 9.17) is 4.74 Å². The number of rotatable bonds is 4. The average Bonchev–Trinajstić information content (AvgIpc) is 3.05. The summed E-state index contributed by atoms with van der Waals surface area (Å²) in [6, 6.07) is 8.32. The lowest BCUT2D eigenvalue weighted by atomic mass is 9.89. The van der Waals surface area contributed by atoms with Crippen molar-refractivity contribution in [3.05, 3.63) is 35.4 Å². The van der Waals surface area contributed by atoms with Crippen LogP contribution in [0.4, 0.5) is 0 Å². The molecule has 0 spiro atoms. The van der Waals surface area contributed by atoms with Crippen LogP contribution in [0.2, 0.25) is 0 Å². The fourth-order valence-corrected chi connectivity index (χ4v) is 4.00. The standard InChI is InChI=1S/C19H27NO3/c1-2-14-6-3-4-7-15(14)12-19(22)20-10-5-8-17(20)16-13-23-11-9-18(16)21/h3-4,6-7,16-18,21H,2,5,8-13H2,1H3/t16-,17+,18-/m0/s1. The lowest BCUT2D eigenvalue weighted by Crippen LogP contribution is -2.48. The van der Waals surface area contributed by atoms with Crippen molar-refractivity contribution < 1.29 is 14.6 Å². The van der Waals surface area contributed by atoms with Crippen LogP contribution < -0.4 is 0 Å². The number of amides is 1. The van der Waals surface area contributed by atoms with Crippen LogP contribution in [0, 0.1) is 5.92 Å². The van der Waals surface area contributed by atoms with Gasteiger partial charge in [-0.25, -0.2) is 0 Å². The Bertz CT molecular complexity index is 545. The predicted octanol–water partition coefficient (Wildman–Crippen LogP) is 2.18. The summed E-state index contributed by atoms with van der Waals surface area (Å²) in [4.78, 5) is 14.8. The highest BCUT2D eigenvalue weighted by Crippen LogP contribution is 2.30. The third-order valence-corrected chi connectivity index (χ3v) is 5.32. The first-order valence-electron chi connectivity index (χ1n) is 8.82. The summed E-state index contributed by atoms with van der Waals surface area (Å²) < 4.78 is 5.55. The van der Waals surface area contributed by atoms with Crippen molar-refractivity contribution >= 4 is 5.91 Å². The number of carbonyl (C=O) groups is 1. The van der Waals surface area contributed by atoms with Crippen molar-refractivity contribution in [2.45, 2.75) is 51.2 Å². The van der Waals surface area contributed by atoms with Crippen molar-refractivity contribution in [2.75, 3.05) is 19.8 Å². The molecule has 1 N–H and O–H groups in total. The summed E-state index contributed by atoms with van der Waals surface area (Å²) in [7, 11) is 0. The number of carbonyl (C=O) groups excluding carboxylic acids is 1. The SMILES string of the molecule is CCc1ccccc1CC(=O)N1CCC[C@@H]1[C@@H]1COCC[C@@H]1O. The molecule has 0 unspecified atom stereocenters. The van der Waals surface area contributed by atoms with E-state index in [9.17, 15) is 9.90 Å². The number of likely N-dealkylation sites (tertiary alicyclic amines) is 1. The molecular formula is C19H27NO3. The molecule has 1 aromatic rings.